The predicted molar refractivity (Wildman–Crippen MR) is 74.3 cm³/mol. The maximum atomic E-state index is 3.53. The fourth-order valence-corrected chi connectivity index (χ4v) is 3.68. The highest BCUT2D eigenvalue weighted by atomic mass is 15.2. The van der Waals surface area contributed by atoms with Gasteiger partial charge in [0.05, 0.1) is 0 Å². The van der Waals surface area contributed by atoms with Crippen molar-refractivity contribution in [3.8, 4) is 0 Å². The molecule has 1 saturated carbocycles. The molecule has 1 N–H and O–H groups in total. The van der Waals surface area contributed by atoms with Gasteiger partial charge in [0.1, 0.15) is 0 Å². The first-order valence-electron chi connectivity index (χ1n) is 7.75. The second-order valence-electron chi connectivity index (χ2n) is 6.25. The van der Waals surface area contributed by atoms with Crippen molar-refractivity contribution in [2.75, 3.05) is 19.6 Å². The van der Waals surface area contributed by atoms with Crippen molar-refractivity contribution in [3.63, 3.8) is 0 Å². The zero-order chi connectivity index (χ0) is 12.1. The Balaban J connectivity index is 1.68. The van der Waals surface area contributed by atoms with E-state index in [1.54, 1.807) is 0 Å². The number of hydrogen-bond acceptors (Lipinski definition) is 2. The maximum absolute atomic E-state index is 3.53. The number of nitrogens with one attached hydrogen (secondary N) is 1. The van der Waals surface area contributed by atoms with Crippen LogP contribution in [0.3, 0.4) is 0 Å². The molecule has 0 aromatic heterocycles. The summed E-state index contributed by atoms with van der Waals surface area (Å²) in [5.41, 5.74) is 0. The lowest BCUT2D eigenvalue weighted by molar-refractivity contribution is 0.188. The normalized spacial score (nSPS) is 27.4. The van der Waals surface area contributed by atoms with Gasteiger partial charge in [0.25, 0.3) is 0 Å². The number of likely N-dealkylation sites (tertiary alicyclic amines) is 1. The van der Waals surface area contributed by atoms with Crippen molar-refractivity contribution >= 4 is 0 Å². The molecule has 2 heteroatoms. The van der Waals surface area contributed by atoms with Crippen molar-refractivity contribution in [2.45, 2.75) is 70.9 Å². The Kier molecular flexibility index (Phi) is 5.30. The van der Waals surface area contributed by atoms with Gasteiger partial charge in [0.15, 0.2) is 0 Å². The van der Waals surface area contributed by atoms with Gasteiger partial charge in [-0.25, -0.2) is 0 Å². The van der Waals surface area contributed by atoms with Crippen molar-refractivity contribution in [1.29, 1.82) is 0 Å². The molecule has 2 fully saturated rings. The van der Waals surface area contributed by atoms with Crippen molar-refractivity contribution < 1.29 is 0 Å². The van der Waals surface area contributed by atoms with Crippen molar-refractivity contribution in [3.05, 3.63) is 0 Å². The first kappa shape index (κ1) is 13.4. The van der Waals surface area contributed by atoms with Crippen LogP contribution in [0.1, 0.15) is 58.8 Å². The smallest absolute Gasteiger partial charge is 0.0124 e. The quantitative estimate of drug-likeness (QED) is 0.716. The zero-order valence-electron chi connectivity index (χ0n) is 11.8. The van der Waals surface area contributed by atoms with E-state index in [2.05, 4.69) is 24.1 Å². The molecule has 2 nitrogen and oxygen atoms in total. The molecule has 100 valence electrons. The maximum Gasteiger partial charge on any atom is 0.0124 e. The third kappa shape index (κ3) is 3.96. The molecule has 1 atom stereocenters. The van der Waals surface area contributed by atoms with E-state index in [4.69, 9.17) is 0 Å². The monoisotopic (exact) mass is 238 g/mol. The van der Waals surface area contributed by atoms with E-state index in [1.807, 2.05) is 0 Å². The fourth-order valence-electron chi connectivity index (χ4n) is 3.68. The summed E-state index contributed by atoms with van der Waals surface area (Å²) in [4.78, 5) is 2.79. The second kappa shape index (κ2) is 6.75. The molecular weight excluding hydrogens is 208 g/mol. The van der Waals surface area contributed by atoms with Crippen molar-refractivity contribution in [1.82, 2.24) is 10.2 Å². The summed E-state index contributed by atoms with van der Waals surface area (Å²) in [6, 6.07) is 1.58. The summed E-state index contributed by atoms with van der Waals surface area (Å²) < 4.78 is 0. The van der Waals surface area contributed by atoms with Crippen LogP contribution in [0.15, 0.2) is 0 Å². The van der Waals surface area contributed by atoms with E-state index >= 15 is 0 Å². The SMILES string of the molecule is CC(C)NCCCN1CCCC1C1CCCC1. The van der Waals surface area contributed by atoms with Gasteiger partial charge in [-0.1, -0.05) is 26.7 Å². The highest BCUT2D eigenvalue weighted by Gasteiger charge is 2.32. The van der Waals surface area contributed by atoms with Crippen LogP contribution >= 0.6 is 0 Å². The van der Waals surface area contributed by atoms with Gasteiger partial charge in [0, 0.05) is 12.1 Å². The Morgan fingerprint density at radius 3 is 2.59 bits per heavy atom. The highest BCUT2D eigenvalue weighted by Crippen LogP contribution is 2.35. The van der Waals surface area contributed by atoms with Crippen LogP contribution in [0.5, 0.6) is 0 Å². The molecule has 0 amide bonds. The second-order valence-corrected chi connectivity index (χ2v) is 6.25. The topological polar surface area (TPSA) is 15.3 Å². The molecule has 1 unspecified atom stereocenters. The van der Waals surface area contributed by atoms with Gasteiger partial charge in [0.2, 0.25) is 0 Å². The van der Waals surface area contributed by atoms with E-state index in [0.717, 1.165) is 12.0 Å². The van der Waals surface area contributed by atoms with Gasteiger partial charge in [-0.05, 0) is 57.7 Å². The number of hydrogen-bond donors (Lipinski definition) is 1. The summed E-state index contributed by atoms with van der Waals surface area (Å²) in [7, 11) is 0. The highest BCUT2D eigenvalue weighted by molar-refractivity contribution is 4.87. The van der Waals surface area contributed by atoms with E-state index in [1.165, 1.54) is 64.6 Å². The van der Waals surface area contributed by atoms with Crippen LogP contribution in [0.4, 0.5) is 0 Å². The Hall–Kier alpha value is -0.0800. The summed E-state index contributed by atoms with van der Waals surface area (Å²) in [6.07, 6.45) is 10.2. The average molecular weight is 238 g/mol. The summed E-state index contributed by atoms with van der Waals surface area (Å²) >= 11 is 0. The minimum Gasteiger partial charge on any atom is -0.314 e. The third-order valence-corrected chi connectivity index (χ3v) is 4.53. The lowest BCUT2D eigenvalue weighted by Crippen LogP contribution is -2.36. The first-order valence-corrected chi connectivity index (χ1v) is 7.75. The zero-order valence-corrected chi connectivity index (χ0v) is 11.8. The summed E-state index contributed by atoms with van der Waals surface area (Å²) in [5.74, 6) is 1.04. The Morgan fingerprint density at radius 2 is 1.88 bits per heavy atom. The van der Waals surface area contributed by atoms with Crippen molar-refractivity contribution in [2.24, 2.45) is 5.92 Å². The standard InChI is InChI=1S/C15H30N2/c1-13(2)16-10-6-12-17-11-5-9-15(17)14-7-3-4-8-14/h13-16H,3-12H2,1-2H3. The number of rotatable bonds is 6. The Bertz CT molecular complexity index is 209. The Labute approximate surface area is 107 Å². The summed E-state index contributed by atoms with van der Waals surface area (Å²) in [6.45, 7) is 8.34. The van der Waals surface area contributed by atoms with Crippen LogP contribution in [-0.4, -0.2) is 36.6 Å². The molecule has 1 aliphatic carbocycles. The lowest BCUT2D eigenvalue weighted by atomic mass is 9.96. The van der Waals surface area contributed by atoms with E-state index in [0.29, 0.717) is 6.04 Å². The fraction of sp³-hybridized carbons (Fsp3) is 1.00. The molecule has 0 bridgehead atoms. The number of nitrogens with zero attached hydrogens (tertiary/aromatic N) is 1. The molecule has 0 radical (unpaired) electrons. The predicted octanol–water partition coefficient (Wildman–Crippen LogP) is 3.03. The molecule has 17 heavy (non-hydrogen) atoms. The molecule has 2 aliphatic rings. The minimum absolute atomic E-state index is 0.638. The first-order chi connectivity index (χ1) is 8.27. The molecule has 0 spiro atoms. The van der Waals surface area contributed by atoms with Crippen LogP contribution in [0.25, 0.3) is 0 Å². The van der Waals surface area contributed by atoms with E-state index in [-0.39, 0.29) is 0 Å². The molecule has 1 aliphatic heterocycles. The largest absolute Gasteiger partial charge is 0.314 e. The molecule has 1 heterocycles. The van der Waals surface area contributed by atoms with Gasteiger partial charge in [-0.15, -0.1) is 0 Å². The minimum atomic E-state index is 0.638. The van der Waals surface area contributed by atoms with Gasteiger partial charge >= 0.3 is 0 Å². The molecule has 2 rings (SSSR count). The van der Waals surface area contributed by atoms with Gasteiger partial charge in [-0.3, -0.25) is 0 Å². The molecule has 0 aromatic carbocycles. The molecular formula is C15H30N2. The third-order valence-electron chi connectivity index (χ3n) is 4.53. The van der Waals surface area contributed by atoms with E-state index in [9.17, 15) is 0 Å². The summed E-state index contributed by atoms with van der Waals surface area (Å²) in [5, 5.41) is 3.53. The molecule has 1 saturated heterocycles. The van der Waals surface area contributed by atoms with Crippen LogP contribution in [0.2, 0.25) is 0 Å². The average Bonchev–Trinajstić information content (AvgIpc) is 2.94. The van der Waals surface area contributed by atoms with Crippen LogP contribution in [0, 0.1) is 5.92 Å². The molecule has 0 aromatic rings. The van der Waals surface area contributed by atoms with Crippen LogP contribution in [-0.2, 0) is 0 Å². The van der Waals surface area contributed by atoms with Gasteiger partial charge < -0.3 is 10.2 Å². The van der Waals surface area contributed by atoms with Crippen LogP contribution < -0.4 is 5.32 Å². The Morgan fingerprint density at radius 1 is 1.12 bits per heavy atom. The van der Waals surface area contributed by atoms with E-state index < -0.39 is 0 Å². The lowest BCUT2D eigenvalue weighted by Gasteiger charge is -2.29. The van der Waals surface area contributed by atoms with Gasteiger partial charge in [-0.2, -0.15) is 0 Å².